The molecule has 0 heterocycles. The van der Waals surface area contributed by atoms with Gasteiger partial charge in [0.25, 0.3) is 0 Å². The molecule has 2 aromatic carbocycles. The van der Waals surface area contributed by atoms with E-state index in [4.69, 9.17) is 9.47 Å². The molecular formula is C18H14O5. The van der Waals surface area contributed by atoms with Crippen molar-refractivity contribution < 1.29 is 24.2 Å². The standard InChI is InChI=1S/C18H14O5/c1-22-17-10-7-11(19)12(10)18(23-2)14-13(17)15(20)8-5-3-4-6-9(8)16(14)21/h3-6,11,19H,7H2,1-2H3. The quantitative estimate of drug-likeness (QED) is 0.784. The van der Waals surface area contributed by atoms with E-state index in [1.807, 2.05) is 0 Å². The van der Waals surface area contributed by atoms with Crippen LogP contribution in [0.3, 0.4) is 0 Å². The predicted octanol–water partition coefficient (Wildman–Crippen LogP) is 2.07. The molecule has 2 aromatic rings. The second kappa shape index (κ2) is 4.67. The van der Waals surface area contributed by atoms with Crippen molar-refractivity contribution in [3.63, 3.8) is 0 Å². The summed E-state index contributed by atoms with van der Waals surface area (Å²) in [5.74, 6) is 0.109. The van der Waals surface area contributed by atoms with Crippen molar-refractivity contribution in [3.8, 4) is 11.5 Å². The van der Waals surface area contributed by atoms with E-state index in [9.17, 15) is 14.7 Å². The lowest BCUT2D eigenvalue weighted by atomic mass is 9.74. The molecule has 2 aliphatic carbocycles. The molecule has 23 heavy (non-hydrogen) atoms. The number of carbonyl (C=O) groups is 2. The van der Waals surface area contributed by atoms with E-state index >= 15 is 0 Å². The maximum atomic E-state index is 12.9. The van der Waals surface area contributed by atoms with Gasteiger partial charge in [-0.15, -0.1) is 0 Å². The average molecular weight is 310 g/mol. The van der Waals surface area contributed by atoms with Crippen molar-refractivity contribution in [1.82, 2.24) is 0 Å². The van der Waals surface area contributed by atoms with E-state index < -0.39 is 6.10 Å². The minimum absolute atomic E-state index is 0.186. The molecule has 1 unspecified atom stereocenters. The molecule has 0 saturated carbocycles. The number of methoxy groups -OCH3 is 2. The zero-order chi connectivity index (χ0) is 16.3. The number of aliphatic hydroxyl groups excluding tert-OH is 1. The molecule has 1 atom stereocenters. The number of carbonyl (C=O) groups excluding carboxylic acids is 2. The minimum atomic E-state index is -0.709. The first-order valence-corrected chi connectivity index (χ1v) is 7.27. The van der Waals surface area contributed by atoms with Gasteiger partial charge in [0.2, 0.25) is 0 Å². The summed E-state index contributed by atoms with van der Waals surface area (Å²) in [7, 11) is 2.90. The van der Waals surface area contributed by atoms with Crippen molar-refractivity contribution >= 4 is 11.6 Å². The number of hydrogen-bond donors (Lipinski definition) is 1. The lowest BCUT2D eigenvalue weighted by Crippen LogP contribution is -2.28. The van der Waals surface area contributed by atoms with E-state index in [0.717, 1.165) is 5.56 Å². The van der Waals surface area contributed by atoms with Gasteiger partial charge in [-0.25, -0.2) is 0 Å². The van der Waals surface area contributed by atoms with Crippen LogP contribution >= 0.6 is 0 Å². The van der Waals surface area contributed by atoms with Crippen molar-refractivity contribution in [2.75, 3.05) is 14.2 Å². The van der Waals surface area contributed by atoms with Crippen LogP contribution in [0.1, 0.15) is 49.1 Å². The summed E-state index contributed by atoms with van der Waals surface area (Å²) < 4.78 is 10.8. The van der Waals surface area contributed by atoms with Crippen LogP contribution in [0.25, 0.3) is 0 Å². The maximum absolute atomic E-state index is 12.9. The van der Waals surface area contributed by atoms with Gasteiger partial charge in [-0.3, -0.25) is 9.59 Å². The summed E-state index contributed by atoms with van der Waals surface area (Å²) in [6.07, 6.45) is -0.329. The SMILES string of the molecule is COc1c2c(c(OC)c3c1C(=O)c1ccccc1C3=O)C(O)C2. The Morgan fingerprint density at radius 3 is 1.96 bits per heavy atom. The fourth-order valence-electron chi connectivity index (χ4n) is 3.51. The first-order chi connectivity index (χ1) is 11.1. The molecule has 0 aliphatic heterocycles. The molecule has 0 saturated heterocycles. The largest absolute Gasteiger partial charge is 0.496 e. The lowest BCUT2D eigenvalue weighted by molar-refractivity contribution is 0.0968. The van der Waals surface area contributed by atoms with E-state index in [1.165, 1.54) is 14.2 Å². The average Bonchev–Trinajstić information content (AvgIpc) is 2.57. The highest BCUT2D eigenvalue weighted by Gasteiger charge is 2.43. The molecule has 116 valence electrons. The van der Waals surface area contributed by atoms with Gasteiger partial charge in [0.1, 0.15) is 11.5 Å². The Kier molecular flexibility index (Phi) is 2.83. The topological polar surface area (TPSA) is 72.8 Å². The van der Waals surface area contributed by atoms with E-state index in [2.05, 4.69) is 0 Å². The Hall–Kier alpha value is -2.66. The van der Waals surface area contributed by atoms with Crippen LogP contribution in [-0.2, 0) is 6.42 Å². The number of fused-ring (bicyclic) bond motifs is 3. The third kappa shape index (κ3) is 1.60. The summed E-state index contributed by atoms with van der Waals surface area (Å²) in [5.41, 5.74) is 2.41. The highest BCUT2D eigenvalue weighted by Crippen LogP contribution is 2.51. The first-order valence-electron chi connectivity index (χ1n) is 7.27. The smallest absolute Gasteiger partial charge is 0.198 e. The monoisotopic (exact) mass is 310 g/mol. The predicted molar refractivity (Wildman–Crippen MR) is 81.5 cm³/mol. The molecule has 1 N–H and O–H groups in total. The summed E-state index contributed by atoms with van der Waals surface area (Å²) >= 11 is 0. The number of ether oxygens (including phenoxy) is 2. The van der Waals surface area contributed by atoms with E-state index in [0.29, 0.717) is 28.9 Å². The zero-order valence-corrected chi connectivity index (χ0v) is 12.7. The summed E-state index contributed by atoms with van der Waals surface area (Å²) in [4.78, 5) is 25.8. The second-order valence-electron chi connectivity index (χ2n) is 5.63. The van der Waals surface area contributed by atoms with E-state index in [1.54, 1.807) is 24.3 Å². The minimum Gasteiger partial charge on any atom is -0.496 e. The molecule has 5 nitrogen and oxygen atoms in total. The van der Waals surface area contributed by atoms with Crippen LogP contribution in [0.4, 0.5) is 0 Å². The first kappa shape index (κ1) is 14.0. The van der Waals surface area contributed by atoms with Gasteiger partial charge in [-0.2, -0.15) is 0 Å². The van der Waals surface area contributed by atoms with Gasteiger partial charge in [0.15, 0.2) is 11.6 Å². The van der Waals surface area contributed by atoms with Crippen molar-refractivity contribution in [1.29, 1.82) is 0 Å². The normalized spacial score (nSPS) is 17.8. The molecule has 0 amide bonds. The summed E-state index contributed by atoms with van der Waals surface area (Å²) in [5, 5.41) is 10.0. The zero-order valence-electron chi connectivity index (χ0n) is 12.7. The van der Waals surface area contributed by atoms with Crippen molar-refractivity contribution in [2.45, 2.75) is 12.5 Å². The van der Waals surface area contributed by atoms with Crippen LogP contribution in [0.5, 0.6) is 11.5 Å². The Labute approximate surface area is 132 Å². The van der Waals surface area contributed by atoms with Crippen LogP contribution in [0, 0.1) is 0 Å². The van der Waals surface area contributed by atoms with Crippen molar-refractivity contribution in [2.24, 2.45) is 0 Å². The van der Waals surface area contributed by atoms with Crippen LogP contribution < -0.4 is 9.47 Å². The molecule has 0 bridgehead atoms. The van der Waals surface area contributed by atoms with E-state index in [-0.39, 0.29) is 28.4 Å². The number of rotatable bonds is 2. The van der Waals surface area contributed by atoms with Crippen LogP contribution in [0.2, 0.25) is 0 Å². The van der Waals surface area contributed by atoms with Gasteiger partial charge < -0.3 is 14.6 Å². The Morgan fingerprint density at radius 2 is 1.48 bits per heavy atom. The number of hydrogen-bond acceptors (Lipinski definition) is 5. The third-order valence-corrected chi connectivity index (χ3v) is 4.56. The molecule has 0 aromatic heterocycles. The van der Waals surface area contributed by atoms with Gasteiger partial charge >= 0.3 is 0 Å². The molecule has 5 heteroatoms. The Bertz CT molecular complexity index is 881. The highest BCUT2D eigenvalue weighted by molar-refractivity contribution is 6.30. The highest BCUT2D eigenvalue weighted by atomic mass is 16.5. The Balaban J connectivity index is 2.12. The molecule has 0 radical (unpaired) electrons. The lowest BCUT2D eigenvalue weighted by Gasteiger charge is -2.34. The molecule has 0 fully saturated rings. The number of ketones is 2. The number of benzene rings is 2. The molecular weight excluding hydrogens is 296 g/mol. The molecule has 4 rings (SSSR count). The summed E-state index contributed by atoms with van der Waals surface area (Å²) in [6.45, 7) is 0. The van der Waals surface area contributed by atoms with Crippen LogP contribution in [0.15, 0.2) is 24.3 Å². The fourth-order valence-corrected chi connectivity index (χ4v) is 3.51. The third-order valence-electron chi connectivity index (χ3n) is 4.56. The van der Waals surface area contributed by atoms with Gasteiger partial charge in [-0.1, -0.05) is 24.3 Å². The Morgan fingerprint density at radius 1 is 0.957 bits per heavy atom. The van der Waals surface area contributed by atoms with Crippen molar-refractivity contribution in [3.05, 3.63) is 57.6 Å². The second-order valence-corrected chi connectivity index (χ2v) is 5.63. The van der Waals surface area contributed by atoms with Gasteiger partial charge in [-0.05, 0) is 0 Å². The van der Waals surface area contributed by atoms with Crippen LogP contribution in [-0.4, -0.2) is 30.9 Å². The number of aliphatic hydroxyl groups is 1. The van der Waals surface area contributed by atoms with Gasteiger partial charge in [0, 0.05) is 28.7 Å². The molecule has 0 spiro atoms. The molecule has 2 aliphatic rings. The maximum Gasteiger partial charge on any atom is 0.198 e. The fraction of sp³-hybridized carbons (Fsp3) is 0.222. The van der Waals surface area contributed by atoms with Gasteiger partial charge in [0.05, 0.1) is 31.5 Å². The summed E-state index contributed by atoms with van der Waals surface area (Å²) in [6, 6.07) is 6.71.